The van der Waals surface area contributed by atoms with Gasteiger partial charge in [0.15, 0.2) is 0 Å². The summed E-state index contributed by atoms with van der Waals surface area (Å²) in [5.74, 6) is 0.380. The van der Waals surface area contributed by atoms with Gasteiger partial charge in [-0.25, -0.2) is 0 Å². The van der Waals surface area contributed by atoms with Gasteiger partial charge in [0.2, 0.25) is 0 Å². The quantitative estimate of drug-likeness (QED) is 0.226. The SMILES string of the molecule is COc1ccc2c(c1)c(C1=C(c3cc(-c4ccc(Br)cc4)sc3C)C(=O)N(C3CCCC3)C1=O)c(C)n2C. The Morgan fingerprint density at radius 2 is 1.63 bits per heavy atom. The molecule has 0 unspecified atom stereocenters. The Kier molecular flexibility index (Phi) is 6.31. The fraction of sp³-hybridized carbons (Fsp3) is 0.290. The summed E-state index contributed by atoms with van der Waals surface area (Å²) in [6.45, 7) is 4.07. The maximum atomic E-state index is 14.3. The number of rotatable bonds is 5. The van der Waals surface area contributed by atoms with Crippen LogP contribution in [0.5, 0.6) is 5.75 Å². The van der Waals surface area contributed by atoms with Crippen LogP contribution >= 0.6 is 27.3 Å². The molecule has 1 fully saturated rings. The molecule has 38 heavy (non-hydrogen) atoms. The summed E-state index contributed by atoms with van der Waals surface area (Å²) >= 11 is 5.17. The lowest BCUT2D eigenvalue weighted by Crippen LogP contribution is -2.39. The summed E-state index contributed by atoms with van der Waals surface area (Å²) in [5.41, 5.74) is 5.76. The molecule has 2 aliphatic rings. The van der Waals surface area contributed by atoms with Crippen molar-refractivity contribution < 1.29 is 14.3 Å². The smallest absolute Gasteiger partial charge is 0.262 e. The molecule has 2 amide bonds. The van der Waals surface area contributed by atoms with E-state index in [-0.39, 0.29) is 17.9 Å². The molecule has 7 heteroatoms. The molecule has 4 aromatic rings. The molecular weight excluding hydrogens is 560 g/mol. The fourth-order valence-corrected chi connectivity index (χ4v) is 7.30. The number of hydrogen-bond donors (Lipinski definition) is 0. The van der Waals surface area contributed by atoms with Gasteiger partial charge in [0.25, 0.3) is 11.8 Å². The van der Waals surface area contributed by atoms with E-state index in [9.17, 15) is 9.59 Å². The van der Waals surface area contributed by atoms with E-state index in [1.54, 1.807) is 23.3 Å². The van der Waals surface area contributed by atoms with Crippen LogP contribution in [-0.2, 0) is 16.6 Å². The number of halogens is 1. The number of ether oxygens (including phenoxy) is 1. The van der Waals surface area contributed by atoms with Gasteiger partial charge in [-0.3, -0.25) is 14.5 Å². The summed E-state index contributed by atoms with van der Waals surface area (Å²) in [6, 6.07) is 16.2. The Labute approximate surface area is 234 Å². The zero-order chi connectivity index (χ0) is 26.7. The minimum Gasteiger partial charge on any atom is -0.497 e. The number of aryl methyl sites for hydroxylation is 2. The van der Waals surface area contributed by atoms with E-state index >= 15 is 0 Å². The topological polar surface area (TPSA) is 51.5 Å². The number of thiophene rings is 1. The molecule has 0 N–H and O–H groups in total. The molecule has 194 valence electrons. The van der Waals surface area contributed by atoms with Gasteiger partial charge < -0.3 is 9.30 Å². The lowest BCUT2D eigenvalue weighted by atomic mass is 9.94. The largest absolute Gasteiger partial charge is 0.497 e. The van der Waals surface area contributed by atoms with E-state index in [2.05, 4.69) is 38.7 Å². The number of carbonyl (C=O) groups excluding carboxylic acids is 2. The summed E-state index contributed by atoms with van der Waals surface area (Å²) in [5, 5.41) is 0.923. The van der Waals surface area contributed by atoms with Crippen LogP contribution in [0.2, 0.25) is 0 Å². The second-order valence-electron chi connectivity index (χ2n) is 10.2. The molecule has 0 saturated heterocycles. The Bertz CT molecular complexity index is 1640. The van der Waals surface area contributed by atoms with Gasteiger partial charge in [-0.05, 0) is 68.7 Å². The molecule has 1 aliphatic heterocycles. The van der Waals surface area contributed by atoms with E-state index in [1.807, 2.05) is 51.2 Å². The molecule has 0 radical (unpaired) electrons. The van der Waals surface area contributed by atoms with E-state index in [0.717, 1.165) is 78.9 Å². The van der Waals surface area contributed by atoms with Gasteiger partial charge in [0.05, 0.1) is 18.3 Å². The first kappa shape index (κ1) is 25.1. The average Bonchev–Trinajstić information content (AvgIpc) is 3.67. The molecule has 0 spiro atoms. The summed E-state index contributed by atoms with van der Waals surface area (Å²) in [7, 11) is 3.65. The van der Waals surface area contributed by atoms with Gasteiger partial charge in [0, 0.05) is 55.0 Å². The van der Waals surface area contributed by atoms with Crippen LogP contribution in [0.25, 0.3) is 32.5 Å². The van der Waals surface area contributed by atoms with E-state index in [0.29, 0.717) is 11.1 Å². The molecule has 1 aliphatic carbocycles. The van der Waals surface area contributed by atoms with E-state index < -0.39 is 0 Å². The van der Waals surface area contributed by atoms with Crippen molar-refractivity contribution in [3.05, 3.63) is 74.7 Å². The number of benzene rings is 2. The second kappa shape index (κ2) is 9.54. The number of hydrogen-bond acceptors (Lipinski definition) is 4. The van der Waals surface area contributed by atoms with Gasteiger partial charge in [-0.2, -0.15) is 0 Å². The minimum atomic E-state index is -0.175. The molecular formula is C31H29BrN2O3S. The number of fused-ring (bicyclic) bond motifs is 1. The predicted molar refractivity (Wildman–Crippen MR) is 157 cm³/mol. The van der Waals surface area contributed by atoms with Crippen LogP contribution < -0.4 is 4.74 Å². The predicted octanol–water partition coefficient (Wildman–Crippen LogP) is 7.52. The van der Waals surface area contributed by atoms with Crippen LogP contribution in [0.3, 0.4) is 0 Å². The zero-order valence-corrected chi connectivity index (χ0v) is 24.3. The van der Waals surface area contributed by atoms with Crippen molar-refractivity contribution in [3.63, 3.8) is 0 Å². The highest BCUT2D eigenvalue weighted by molar-refractivity contribution is 9.10. The lowest BCUT2D eigenvalue weighted by Gasteiger charge is -2.22. The number of nitrogens with zero attached hydrogens (tertiary/aromatic N) is 2. The zero-order valence-electron chi connectivity index (χ0n) is 21.9. The Morgan fingerprint density at radius 3 is 2.32 bits per heavy atom. The first-order valence-electron chi connectivity index (χ1n) is 12.9. The Balaban J connectivity index is 1.61. The molecule has 2 aromatic heterocycles. The van der Waals surface area contributed by atoms with Crippen molar-refractivity contribution in [2.24, 2.45) is 7.05 Å². The normalized spacial score (nSPS) is 16.5. The highest BCUT2D eigenvalue weighted by Crippen LogP contribution is 2.46. The molecule has 0 bridgehead atoms. The lowest BCUT2D eigenvalue weighted by molar-refractivity contribution is -0.138. The summed E-state index contributed by atoms with van der Waals surface area (Å²) in [6.07, 6.45) is 3.82. The molecule has 1 saturated carbocycles. The Hall–Kier alpha value is -3.16. The van der Waals surface area contributed by atoms with Crippen molar-refractivity contribution in [1.29, 1.82) is 0 Å². The highest BCUT2D eigenvalue weighted by Gasteiger charge is 2.45. The molecule has 0 atom stereocenters. The number of imide groups is 1. The summed E-state index contributed by atoms with van der Waals surface area (Å²) < 4.78 is 8.66. The van der Waals surface area contributed by atoms with Crippen LogP contribution in [0.15, 0.2) is 53.0 Å². The van der Waals surface area contributed by atoms with Crippen LogP contribution in [0.1, 0.15) is 47.4 Å². The monoisotopic (exact) mass is 588 g/mol. The minimum absolute atomic E-state index is 0.0443. The van der Waals surface area contributed by atoms with Crippen molar-refractivity contribution in [3.8, 4) is 16.2 Å². The molecule has 2 aromatic carbocycles. The molecule has 6 rings (SSSR count). The number of aromatic nitrogens is 1. The maximum absolute atomic E-state index is 14.3. The van der Waals surface area contributed by atoms with Crippen molar-refractivity contribution in [1.82, 2.24) is 9.47 Å². The van der Waals surface area contributed by atoms with Gasteiger partial charge in [-0.15, -0.1) is 11.3 Å². The van der Waals surface area contributed by atoms with Gasteiger partial charge >= 0.3 is 0 Å². The number of methoxy groups -OCH3 is 1. The summed E-state index contributed by atoms with van der Waals surface area (Å²) in [4.78, 5) is 32.2. The van der Waals surface area contributed by atoms with Gasteiger partial charge in [-0.1, -0.05) is 40.9 Å². The maximum Gasteiger partial charge on any atom is 0.262 e. The third-order valence-corrected chi connectivity index (χ3v) is 9.70. The molecule has 5 nitrogen and oxygen atoms in total. The highest BCUT2D eigenvalue weighted by atomic mass is 79.9. The van der Waals surface area contributed by atoms with Crippen molar-refractivity contribution in [2.45, 2.75) is 45.6 Å². The third-order valence-electron chi connectivity index (χ3n) is 8.07. The number of carbonyl (C=O) groups is 2. The first-order valence-corrected chi connectivity index (χ1v) is 14.5. The van der Waals surface area contributed by atoms with Crippen LogP contribution in [0.4, 0.5) is 0 Å². The fourth-order valence-electron chi connectivity index (χ4n) is 6.00. The standard InChI is InChI=1S/C31H29BrN2O3S/c1-17-27(24-15-22(37-4)13-14-25(24)33(17)3)29-28(30(35)34(31(29)36)21-7-5-6-8-21)23-16-26(38-18(23)2)19-9-11-20(32)12-10-19/h9-16,21H,5-8H2,1-4H3. The molecule has 3 heterocycles. The van der Waals surface area contributed by atoms with Crippen molar-refractivity contribution in [2.75, 3.05) is 7.11 Å². The van der Waals surface area contributed by atoms with Crippen LogP contribution in [0, 0.1) is 13.8 Å². The third kappa shape index (κ3) is 3.86. The van der Waals surface area contributed by atoms with Crippen molar-refractivity contribution >= 4 is 61.1 Å². The first-order chi connectivity index (χ1) is 18.3. The number of amides is 2. The average molecular weight is 590 g/mol. The van der Waals surface area contributed by atoms with E-state index in [1.165, 1.54) is 0 Å². The van der Waals surface area contributed by atoms with Crippen LogP contribution in [-0.4, -0.2) is 34.4 Å². The second-order valence-corrected chi connectivity index (χ2v) is 12.3. The van der Waals surface area contributed by atoms with Gasteiger partial charge in [0.1, 0.15) is 5.75 Å². The van der Waals surface area contributed by atoms with E-state index in [4.69, 9.17) is 4.74 Å². The Morgan fingerprint density at radius 1 is 0.947 bits per heavy atom.